The minimum Gasteiger partial charge on any atom is -0.480 e. The van der Waals surface area contributed by atoms with Crippen molar-refractivity contribution in [2.45, 2.75) is 19.5 Å². The number of carboxylic acids is 1. The summed E-state index contributed by atoms with van der Waals surface area (Å²) in [7, 11) is 3.03. The number of aryl methyl sites for hydroxylation is 2. The summed E-state index contributed by atoms with van der Waals surface area (Å²) < 4.78 is 3.35. The molecule has 0 unspecified atom stereocenters. The molecule has 0 aromatic carbocycles. The maximum Gasteiger partial charge on any atom is 0.332 e. The van der Waals surface area contributed by atoms with Gasteiger partial charge in [0.1, 0.15) is 12.6 Å². The van der Waals surface area contributed by atoms with Gasteiger partial charge in [-0.15, -0.1) is 0 Å². The average molecular weight is 309 g/mol. The fraction of sp³-hybridized carbons (Fsp3) is 0.417. The van der Waals surface area contributed by atoms with E-state index in [1.807, 2.05) is 0 Å². The molecule has 0 aliphatic carbocycles. The molecule has 2 aromatic rings. The lowest BCUT2D eigenvalue weighted by Gasteiger charge is -2.11. The minimum atomic E-state index is -1.21. The van der Waals surface area contributed by atoms with E-state index in [9.17, 15) is 19.2 Å². The molecule has 118 valence electrons. The topological polar surface area (TPSA) is 128 Å². The number of amides is 1. The number of nitrogens with zero attached hydrogens (tertiary/aromatic N) is 4. The van der Waals surface area contributed by atoms with Gasteiger partial charge in [-0.2, -0.15) is 0 Å². The monoisotopic (exact) mass is 309 g/mol. The summed E-state index contributed by atoms with van der Waals surface area (Å²) in [4.78, 5) is 50.9. The molecule has 2 N–H and O–H groups in total. The number of carbonyl (C=O) groups is 2. The van der Waals surface area contributed by atoms with Gasteiger partial charge in [0.2, 0.25) is 5.91 Å². The van der Waals surface area contributed by atoms with E-state index in [2.05, 4.69) is 10.3 Å². The van der Waals surface area contributed by atoms with E-state index < -0.39 is 35.7 Å². The normalized spacial score (nSPS) is 12.3. The van der Waals surface area contributed by atoms with Crippen LogP contribution in [-0.4, -0.2) is 41.7 Å². The molecule has 0 aliphatic heterocycles. The zero-order valence-corrected chi connectivity index (χ0v) is 12.2. The van der Waals surface area contributed by atoms with Crippen LogP contribution in [0.4, 0.5) is 0 Å². The Morgan fingerprint density at radius 1 is 1.36 bits per heavy atom. The molecule has 0 spiro atoms. The fourth-order valence-electron chi connectivity index (χ4n) is 2.03. The highest BCUT2D eigenvalue weighted by Crippen LogP contribution is 2.02. The fourth-order valence-corrected chi connectivity index (χ4v) is 2.03. The minimum absolute atomic E-state index is 0.182. The molecular weight excluding hydrogens is 294 g/mol. The third-order valence-corrected chi connectivity index (χ3v) is 3.25. The third kappa shape index (κ3) is 2.50. The van der Waals surface area contributed by atoms with E-state index in [1.54, 1.807) is 7.05 Å². The standard InChI is InChI=1S/C12H15N5O5/c1-6(11(20)21)14-7(18)4-17-10(19)8-9(13-5-15(8)2)16(3)12(17)22/h5-6H,4H2,1-3H3,(H,14,18)(H,20,21)/t6-/m0/s1. The molecule has 0 saturated carbocycles. The lowest BCUT2D eigenvalue weighted by Crippen LogP contribution is -2.46. The molecule has 0 radical (unpaired) electrons. The number of imidazole rings is 1. The van der Waals surface area contributed by atoms with Crippen molar-refractivity contribution < 1.29 is 14.7 Å². The van der Waals surface area contributed by atoms with Crippen LogP contribution in [0.1, 0.15) is 6.92 Å². The van der Waals surface area contributed by atoms with Crippen LogP contribution in [0.2, 0.25) is 0 Å². The number of carboxylic acid groups (broad SMARTS) is 1. The molecule has 2 aromatic heterocycles. The quantitative estimate of drug-likeness (QED) is 0.674. The second-order valence-electron chi connectivity index (χ2n) is 4.89. The van der Waals surface area contributed by atoms with E-state index in [0.29, 0.717) is 0 Å². The van der Waals surface area contributed by atoms with E-state index in [0.717, 1.165) is 9.13 Å². The summed E-state index contributed by atoms with van der Waals surface area (Å²) in [6.07, 6.45) is 1.39. The van der Waals surface area contributed by atoms with Gasteiger partial charge in [0.05, 0.1) is 6.33 Å². The van der Waals surface area contributed by atoms with Crippen molar-refractivity contribution in [3.05, 3.63) is 27.2 Å². The Bertz CT molecular complexity index is 874. The summed E-state index contributed by atoms with van der Waals surface area (Å²) in [5.74, 6) is -1.95. The summed E-state index contributed by atoms with van der Waals surface area (Å²) in [5, 5.41) is 10.9. The number of aliphatic carboxylic acids is 1. The van der Waals surface area contributed by atoms with Crippen LogP contribution in [0.3, 0.4) is 0 Å². The van der Waals surface area contributed by atoms with Gasteiger partial charge in [-0.1, -0.05) is 0 Å². The van der Waals surface area contributed by atoms with Crippen LogP contribution in [0.15, 0.2) is 15.9 Å². The van der Waals surface area contributed by atoms with Crippen molar-refractivity contribution in [2.24, 2.45) is 14.1 Å². The summed E-state index contributed by atoms with van der Waals surface area (Å²) in [5.41, 5.74) is -0.959. The van der Waals surface area contributed by atoms with E-state index in [-0.39, 0.29) is 11.2 Å². The molecule has 2 heterocycles. The molecular formula is C12H15N5O5. The second kappa shape index (κ2) is 5.47. The molecule has 0 fully saturated rings. The molecule has 10 nitrogen and oxygen atoms in total. The maximum absolute atomic E-state index is 12.3. The zero-order chi connectivity index (χ0) is 16.6. The molecule has 0 aliphatic rings. The van der Waals surface area contributed by atoms with Crippen molar-refractivity contribution in [1.29, 1.82) is 0 Å². The third-order valence-electron chi connectivity index (χ3n) is 3.25. The predicted octanol–water partition coefficient (Wildman–Crippen LogP) is -1.98. The molecule has 22 heavy (non-hydrogen) atoms. The van der Waals surface area contributed by atoms with Crippen LogP contribution >= 0.6 is 0 Å². The van der Waals surface area contributed by atoms with Crippen LogP contribution < -0.4 is 16.6 Å². The number of hydrogen-bond donors (Lipinski definition) is 2. The number of hydrogen-bond acceptors (Lipinski definition) is 5. The van der Waals surface area contributed by atoms with Crippen molar-refractivity contribution in [1.82, 2.24) is 24.0 Å². The highest BCUT2D eigenvalue weighted by molar-refractivity contribution is 5.83. The Morgan fingerprint density at radius 2 is 2.00 bits per heavy atom. The predicted molar refractivity (Wildman–Crippen MR) is 75.5 cm³/mol. The Labute approximate surface area is 123 Å². The first-order valence-electron chi connectivity index (χ1n) is 6.37. The lowest BCUT2D eigenvalue weighted by atomic mass is 10.3. The molecule has 1 atom stereocenters. The molecule has 2 rings (SSSR count). The van der Waals surface area contributed by atoms with E-state index in [1.165, 1.54) is 24.9 Å². The maximum atomic E-state index is 12.3. The summed E-state index contributed by atoms with van der Waals surface area (Å²) in [6, 6.07) is -1.12. The Hall–Kier alpha value is -2.91. The highest BCUT2D eigenvalue weighted by atomic mass is 16.4. The summed E-state index contributed by atoms with van der Waals surface area (Å²) in [6.45, 7) is 0.718. The number of fused-ring (bicyclic) bond motifs is 1. The van der Waals surface area contributed by atoms with E-state index in [4.69, 9.17) is 5.11 Å². The Kier molecular flexibility index (Phi) is 3.85. The number of aromatic nitrogens is 4. The number of carbonyl (C=O) groups excluding carboxylic acids is 1. The first-order valence-corrected chi connectivity index (χ1v) is 6.37. The van der Waals surface area contributed by atoms with Gasteiger partial charge in [0.25, 0.3) is 5.56 Å². The second-order valence-corrected chi connectivity index (χ2v) is 4.89. The first kappa shape index (κ1) is 15.5. The van der Waals surface area contributed by atoms with Crippen LogP contribution in [0, 0.1) is 0 Å². The van der Waals surface area contributed by atoms with Gasteiger partial charge >= 0.3 is 11.7 Å². The van der Waals surface area contributed by atoms with Crippen LogP contribution in [-0.2, 0) is 30.2 Å². The van der Waals surface area contributed by atoms with Crippen molar-refractivity contribution >= 4 is 23.0 Å². The van der Waals surface area contributed by atoms with Crippen LogP contribution in [0.5, 0.6) is 0 Å². The molecule has 10 heteroatoms. The van der Waals surface area contributed by atoms with Gasteiger partial charge in [-0.25, -0.2) is 14.3 Å². The number of rotatable bonds is 4. The van der Waals surface area contributed by atoms with Crippen molar-refractivity contribution in [3.8, 4) is 0 Å². The smallest absolute Gasteiger partial charge is 0.332 e. The van der Waals surface area contributed by atoms with Crippen molar-refractivity contribution in [3.63, 3.8) is 0 Å². The van der Waals surface area contributed by atoms with Gasteiger partial charge in [0.15, 0.2) is 11.2 Å². The highest BCUT2D eigenvalue weighted by Gasteiger charge is 2.19. The van der Waals surface area contributed by atoms with Crippen LogP contribution in [0.25, 0.3) is 11.2 Å². The summed E-state index contributed by atoms with van der Waals surface area (Å²) >= 11 is 0. The largest absolute Gasteiger partial charge is 0.480 e. The van der Waals surface area contributed by atoms with Gasteiger partial charge in [0, 0.05) is 14.1 Å². The number of nitrogens with one attached hydrogen (secondary N) is 1. The first-order chi connectivity index (χ1) is 10.2. The van der Waals surface area contributed by atoms with Gasteiger partial charge in [-0.3, -0.25) is 19.0 Å². The SMILES string of the molecule is C[C@H](NC(=O)Cn1c(=O)c2c(ncn2C)n(C)c1=O)C(=O)O. The lowest BCUT2D eigenvalue weighted by molar-refractivity contribution is -0.141. The van der Waals surface area contributed by atoms with Gasteiger partial charge < -0.3 is 15.0 Å². The van der Waals surface area contributed by atoms with Gasteiger partial charge in [-0.05, 0) is 6.92 Å². The Morgan fingerprint density at radius 3 is 2.59 bits per heavy atom. The Balaban J connectivity index is 2.46. The average Bonchev–Trinajstić information content (AvgIpc) is 2.83. The van der Waals surface area contributed by atoms with E-state index >= 15 is 0 Å². The molecule has 0 saturated heterocycles. The van der Waals surface area contributed by atoms with Crippen molar-refractivity contribution in [2.75, 3.05) is 0 Å². The molecule has 1 amide bonds. The zero-order valence-electron chi connectivity index (χ0n) is 12.2. The molecule has 0 bridgehead atoms.